The van der Waals surface area contributed by atoms with Gasteiger partial charge >= 0.3 is 0 Å². The van der Waals surface area contributed by atoms with Gasteiger partial charge in [0.15, 0.2) is 11.5 Å². The molecule has 0 bridgehead atoms. The van der Waals surface area contributed by atoms with E-state index in [-0.39, 0.29) is 12.2 Å². The van der Waals surface area contributed by atoms with Crippen molar-refractivity contribution in [3.8, 4) is 11.5 Å². The van der Waals surface area contributed by atoms with E-state index in [1.54, 1.807) is 0 Å². The van der Waals surface area contributed by atoms with Crippen LogP contribution in [-0.2, 0) is 0 Å². The van der Waals surface area contributed by atoms with Gasteiger partial charge in [-0.2, -0.15) is 0 Å². The fraction of sp³-hybridized carbons (Fsp3) is 0.400. The highest BCUT2D eigenvalue weighted by molar-refractivity contribution is 5.41. The highest BCUT2D eigenvalue weighted by Crippen LogP contribution is 2.34. The van der Waals surface area contributed by atoms with Gasteiger partial charge in [0.1, 0.15) is 12.2 Å². The van der Waals surface area contributed by atoms with Crippen molar-refractivity contribution in [1.82, 2.24) is 5.32 Å². The van der Waals surface area contributed by atoms with Gasteiger partial charge in [0.2, 0.25) is 0 Å². The molecule has 1 aromatic carbocycles. The van der Waals surface area contributed by atoms with Crippen LogP contribution in [0.3, 0.4) is 0 Å². The zero-order valence-electron chi connectivity index (χ0n) is 7.19. The minimum atomic E-state index is 0.190. The van der Waals surface area contributed by atoms with Crippen LogP contribution in [-0.4, -0.2) is 25.3 Å². The Hall–Kier alpha value is -1.22. The molecule has 1 N–H and O–H groups in total. The van der Waals surface area contributed by atoms with Crippen molar-refractivity contribution >= 4 is 0 Å². The van der Waals surface area contributed by atoms with Gasteiger partial charge in [0, 0.05) is 13.1 Å². The van der Waals surface area contributed by atoms with E-state index in [1.807, 2.05) is 24.3 Å². The van der Waals surface area contributed by atoms with Crippen LogP contribution in [0.5, 0.6) is 11.5 Å². The summed E-state index contributed by atoms with van der Waals surface area (Å²) in [6.45, 7) is 1.78. The molecule has 2 aliphatic heterocycles. The third-order valence-corrected chi connectivity index (χ3v) is 2.51. The van der Waals surface area contributed by atoms with E-state index < -0.39 is 0 Å². The average molecular weight is 177 g/mol. The van der Waals surface area contributed by atoms with Crippen molar-refractivity contribution in [2.24, 2.45) is 0 Å². The van der Waals surface area contributed by atoms with E-state index in [2.05, 4.69) is 5.32 Å². The number of ether oxygens (including phenoxy) is 2. The topological polar surface area (TPSA) is 30.5 Å². The zero-order valence-corrected chi connectivity index (χ0v) is 7.19. The number of para-hydroxylation sites is 2. The second kappa shape index (κ2) is 2.64. The fourth-order valence-electron chi connectivity index (χ4n) is 1.84. The second-order valence-corrected chi connectivity index (χ2v) is 3.42. The van der Waals surface area contributed by atoms with Gasteiger partial charge in [-0.3, -0.25) is 0 Å². The quantitative estimate of drug-likeness (QED) is 0.635. The molecule has 0 aromatic heterocycles. The molecular weight excluding hydrogens is 166 g/mol. The lowest BCUT2D eigenvalue weighted by atomic mass is 10.2. The maximum Gasteiger partial charge on any atom is 0.161 e. The van der Waals surface area contributed by atoms with Crippen molar-refractivity contribution in [2.45, 2.75) is 12.2 Å². The molecule has 2 heterocycles. The summed E-state index contributed by atoms with van der Waals surface area (Å²) in [5.74, 6) is 1.74. The standard InChI is InChI=1S/C10H11NO2/c1-2-4-8-7(3-1)12-9-5-11-6-10(9)13-8/h1-4,9-11H,5-6H2/t9-,10-/m1/s1. The third kappa shape index (κ3) is 1.08. The summed E-state index contributed by atoms with van der Waals surface area (Å²) in [6.07, 6.45) is 0.379. The van der Waals surface area contributed by atoms with Crippen LogP contribution in [0.1, 0.15) is 0 Å². The first kappa shape index (κ1) is 7.21. The number of hydrogen-bond donors (Lipinski definition) is 1. The molecule has 0 aliphatic carbocycles. The Kier molecular flexibility index (Phi) is 1.46. The molecule has 3 rings (SSSR count). The monoisotopic (exact) mass is 177 g/mol. The predicted octanol–water partition coefficient (Wildman–Crippen LogP) is 0.798. The molecule has 0 unspecified atom stereocenters. The molecule has 3 nitrogen and oxygen atoms in total. The summed E-state index contributed by atoms with van der Waals surface area (Å²) >= 11 is 0. The molecule has 2 atom stereocenters. The maximum atomic E-state index is 5.77. The summed E-state index contributed by atoms with van der Waals surface area (Å²) in [7, 11) is 0. The Bertz CT molecular complexity index is 295. The molecule has 1 fully saturated rings. The van der Waals surface area contributed by atoms with Crippen LogP contribution >= 0.6 is 0 Å². The third-order valence-electron chi connectivity index (χ3n) is 2.51. The Labute approximate surface area is 76.7 Å². The van der Waals surface area contributed by atoms with Gasteiger partial charge in [0.05, 0.1) is 0 Å². The van der Waals surface area contributed by atoms with Crippen LogP contribution in [0.15, 0.2) is 24.3 Å². The molecule has 13 heavy (non-hydrogen) atoms. The van der Waals surface area contributed by atoms with E-state index in [1.165, 1.54) is 0 Å². The first-order valence-electron chi connectivity index (χ1n) is 4.56. The lowest BCUT2D eigenvalue weighted by Gasteiger charge is -2.28. The van der Waals surface area contributed by atoms with Crippen molar-refractivity contribution in [3.63, 3.8) is 0 Å². The molecule has 0 saturated carbocycles. The van der Waals surface area contributed by atoms with Gasteiger partial charge in [0.25, 0.3) is 0 Å². The van der Waals surface area contributed by atoms with E-state index >= 15 is 0 Å². The number of benzene rings is 1. The molecule has 2 aliphatic rings. The fourth-order valence-corrected chi connectivity index (χ4v) is 1.84. The van der Waals surface area contributed by atoms with Crippen LogP contribution in [0.4, 0.5) is 0 Å². The maximum absolute atomic E-state index is 5.77. The lowest BCUT2D eigenvalue weighted by Crippen LogP contribution is -2.38. The number of hydrogen-bond acceptors (Lipinski definition) is 3. The largest absolute Gasteiger partial charge is 0.481 e. The molecule has 1 aromatic rings. The van der Waals surface area contributed by atoms with Crippen LogP contribution in [0.25, 0.3) is 0 Å². The summed E-state index contributed by atoms with van der Waals surface area (Å²) in [5, 5.41) is 3.25. The summed E-state index contributed by atoms with van der Waals surface area (Å²) < 4.78 is 11.5. The number of fused-ring (bicyclic) bond motifs is 2. The first-order chi connectivity index (χ1) is 6.43. The molecule has 3 heteroatoms. The van der Waals surface area contributed by atoms with E-state index in [4.69, 9.17) is 9.47 Å². The van der Waals surface area contributed by atoms with Crippen LogP contribution < -0.4 is 14.8 Å². The van der Waals surface area contributed by atoms with Crippen molar-refractivity contribution in [3.05, 3.63) is 24.3 Å². The molecule has 0 spiro atoms. The van der Waals surface area contributed by atoms with Gasteiger partial charge in [-0.15, -0.1) is 0 Å². The van der Waals surface area contributed by atoms with Crippen molar-refractivity contribution in [1.29, 1.82) is 0 Å². The van der Waals surface area contributed by atoms with Crippen molar-refractivity contribution in [2.75, 3.05) is 13.1 Å². The van der Waals surface area contributed by atoms with Crippen LogP contribution in [0.2, 0.25) is 0 Å². The molecular formula is C10H11NO2. The van der Waals surface area contributed by atoms with Gasteiger partial charge in [-0.25, -0.2) is 0 Å². The predicted molar refractivity (Wildman–Crippen MR) is 48.1 cm³/mol. The van der Waals surface area contributed by atoms with Crippen LogP contribution in [0, 0.1) is 0 Å². The summed E-state index contributed by atoms with van der Waals surface area (Å²) in [5.41, 5.74) is 0. The highest BCUT2D eigenvalue weighted by Gasteiger charge is 2.35. The number of nitrogens with one attached hydrogen (secondary N) is 1. The van der Waals surface area contributed by atoms with E-state index in [0.29, 0.717) is 0 Å². The SMILES string of the molecule is c1ccc2c(c1)O[C@@H]1CNC[C@H]1O2. The summed E-state index contributed by atoms with van der Waals surface area (Å²) in [4.78, 5) is 0. The Morgan fingerprint density at radius 2 is 1.54 bits per heavy atom. The van der Waals surface area contributed by atoms with E-state index in [9.17, 15) is 0 Å². The average Bonchev–Trinajstić information content (AvgIpc) is 2.61. The Morgan fingerprint density at radius 3 is 2.08 bits per heavy atom. The minimum absolute atomic E-state index is 0.190. The lowest BCUT2D eigenvalue weighted by molar-refractivity contribution is 0.0552. The normalized spacial score (nSPS) is 29.8. The van der Waals surface area contributed by atoms with Crippen molar-refractivity contribution < 1.29 is 9.47 Å². The molecule has 68 valence electrons. The minimum Gasteiger partial charge on any atom is -0.481 e. The second-order valence-electron chi connectivity index (χ2n) is 3.42. The number of rotatable bonds is 0. The smallest absolute Gasteiger partial charge is 0.161 e. The van der Waals surface area contributed by atoms with Gasteiger partial charge in [-0.1, -0.05) is 12.1 Å². The Morgan fingerprint density at radius 1 is 1.00 bits per heavy atom. The summed E-state index contributed by atoms with van der Waals surface area (Å²) in [6, 6.07) is 7.82. The molecule has 1 saturated heterocycles. The molecule has 0 amide bonds. The Balaban J connectivity index is 1.97. The van der Waals surface area contributed by atoms with Gasteiger partial charge < -0.3 is 14.8 Å². The van der Waals surface area contributed by atoms with E-state index in [0.717, 1.165) is 24.6 Å². The highest BCUT2D eigenvalue weighted by atomic mass is 16.6. The molecule has 0 radical (unpaired) electrons. The van der Waals surface area contributed by atoms with Gasteiger partial charge in [-0.05, 0) is 12.1 Å². The first-order valence-corrected chi connectivity index (χ1v) is 4.56. The zero-order chi connectivity index (χ0) is 8.67.